The molecule has 2 heterocycles. The third-order valence-electron chi connectivity index (χ3n) is 4.86. The zero-order valence-electron chi connectivity index (χ0n) is 14.9. The van der Waals surface area contributed by atoms with Crippen LogP contribution < -0.4 is 5.56 Å². The summed E-state index contributed by atoms with van der Waals surface area (Å²) in [6.07, 6.45) is 6.26. The van der Waals surface area contributed by atoms with E-state index >= 15 is 0 Å². The third-order valence-corrected chi connectivity index (χ3v) is 6.65. The number of hydrogen-bond donors (Lipinski definition) is 0. The maximum atomic E-state index is 12.7. The number of aryl methyl sites for hydroxylation is 2. The minimum Gasteiger partial charge on any atom is -0.293 e. The quantitative estimate of drug-likeness (QED) is 0.266. The van der Waals surface area contributed by atoms with Crippen molar-refractivity contribution in [2.24, 2.45) is 0 Å². The van der Waals surface area contributed by atoms with Gasteiger partial charge < -0.3 is 0 Å². The Bertz CT molecular complexity index is 1080. The molecule has 0 radical (unpaired) electrons. The lowest BCUT2D eigenvalue weighted by Gasteiger charge is -2.16. The van der Waals surface area contributed by atoms with Crippen LogP contribution in [0.3, 0.4) is 0 Å². The van der Waals surface area contributed by atoms with Crippen molar-refractivity contribution in [1.29, 1.82) is 0 Å². The van der Waals surface area contributed by atoms with Crippen LogP contribution in [0.1, 0.15) is 34.3 Å². The van der Waals surface area contributed by atoms with Crippen LogP contribution in [-0.4, -0.2) is 21.1 Å². The van der Waals surface area contributed by atoms with Gasteiger partial charge in [0.1, 0.15) is 4.83 Å². The van der Waals surface area contributed by atoms with Gasteiger partial charge in [0.05, 0.1) is 11.1 Å². The predicted molar refractivity (Wildman–Crippen MR) is 112 cm³/mol. The average molecular weight is 397 g/mol. The Morgan fingerprint density at radius 2 is 2.07 bits per heavy atom. The second-order valence-corrected chi connectivity index (χ2v) is 8.48. The molecule has 0 fully saturated rings. The second kappa shape index (κ2) is 7.82. The van der Waals surface area contributed by atoms with Crippen molar-refractivity contribution < 1.29 is 4.79 Å². The Kier molecular flexibility index (Phi) is 5.27. The normalized spacial score (nSPS) is 13.5. The molecule has 0 amide bonds. The Morgan fingerprint density at radius 3 is 2.89 bits per heavy atom. The highest BCUT2D eigenvalue weighted by Gasteiger charge is 2.16. The van der Waals surface area contributed by atoms with Gasteiger partial charge in [-0.15, -0.1) is 17.9 Å². The third kappa shape index (κ3) is 3.64. The lowest BCUT2D eigenvalue weighted by atomic mass is 9.90. The molecule has 0 saturated carbocycles. The van der Waals surface area contributed by atoms with Gasteiger partial charge >= 0.3 is 0 Å². The zero-order valence-corrected chi connectivity index (χ0v) is 16.6. The van der Waals surface area contributed by atoms with Crippen LogP contribution in [0, 0.1) is 0 Å². The molecular formula is C21H20N2O2S2. The van der Waals surface area contributed by atoms with Crippen molar-refractivity contribution >= 4 is 39.1 Å². The first kappa shape index (κ1) is 18.2. The molecule has 6 heteroatoms. The van der Waals surface area contributed by atoms with Gasteiger partial charge in [0.2, 0.25) is 0 Å². The van der Waals surface area contributed by atoms with Crippen molar-refractivity contribution in [3.05, 3.63) is 69.3 Å². The highest BCUT2D eigenvalue weighted by molar-refractivity contribution is 7.99. The molecule has 1 aliphatic rings. The number of benzene rings is 1. The minimum atomic E-state index is -0.0788. The van der Waals surface area contributed by atoms with E-state index in [0.717, 1.165) is 18.4 Å². The molecule has 0 bridgehead atoms. The number of carbonyl (C=O) groups is 1. The molecule has 1 aromatic carbocycles. The van der Waals surface area contributed by atoms with E-state index < -0.39 is 0 Å². The maximum absolute atomic E-state index is 12.7. The molecule has 0 atom stereocenters. The number of thiophene rings is 1. The van der Waals surface area contributed by atoms with Crippen molar-refractivity contribution in [2.75, 3.05) is 5.75 Å². The second-order valence-electron chi connectivity index (χ2n) is 6.64. The van der Waals surface area contributed by atoms with Gasteiger partial charge in [-0.05, 0) is 54.3 Å². The molecule has 3 aromatic rings. The van der Waals surface area contributed by atoms with Gasteiger partial charge in [-0.1, -0.05) is 30.0 Å². The number of rotatable bonds is 6. The molecular weight excluding hydrogens is 376 g/mol. The monoisotopic (exact) mass is 396 g/mol. The van der Waals surface area contributed by atoms with Gasteiger partial charge in [0, 0.05) is 12.1 Å². The van der Waals surface area contributed by atoms with E-state index in [9.17, 15) is 9.59 Å². The van der Waals surface area contributed by atoms with Crippen molar-refractivity contribution in [1.82, 2.24) is 9.55 Å². The fraction of sp³-hybridized carbons (Fsp3) is 0.286. The summed E-state index contributed by atoms with van der Waals surface area (Å²) in [5.41, 5.74) is 3.34. The maximum Gasteiger partial charge on any atom is 0.263 e. The molecule has 138 valence electrons. The van der Waals surface area contributed by atoms with E-state index in [1.54, 1.807) is 16.7 Å². The summed E-state index contributed by atoms with van der Waals surface area (Å²) in [6, 6.07) is 7.86. The van der Waals surface area contributed by atoms with E-state index in [-0.39, 0.29) is 17.1 Å². The van der Waals surface area contributed by atoms with Gasteiger partial charge in [0.15, 0.2) is 10.9 Å². The number of Topliss-reactive ketones (excluding diaryl/α,β-unsaturated/α-hetero) is 1. The van der Waals surface area contributed by atoms with Gasteiger partial charge in [-0.25, -0.2) is 4.98 Å². The Balaban J connectivity index is 1.57. The smallest absolute Gasteiger partial charge is 0.263 e. The first-order chi connectivity index (χ1) is 13.2. The number of nitrogens with zero attached hydrogens (tertiary/aromatic N) is 2. The van der Waals surface area contributed by atoms with Crippen LogP contribution in [-0.2, 0) is 19.4 Å². The molecule has 2 aromatic heterocycles. The molecule has 0 aliphatic heterocycles. The molecule has 1 aliphatic carbocycles. The lowest BCUT2D eigenvalue weighted by Crippen LogP contribution is -2.22. The highest BCUT2D eigenvalue weighted by atomic mass is 32.2. The average Bonchev–Trinajstić information content (AvgIpc) is 3.17. The minimum absolute atomic E-state index is 0.0686. The van der Waals surface area contributed by atoms with Gasteiger partial charge in [-0.2, -0.15) is 0 Å². The first-order valence-corrected chi connectivity index (χ1v) is 10.9. The topological polar surface area (TPSA) is 52.0 Å². The number of allylic oxidation sites excluding steroid dienone is 1. The summed E-state index contributed by atoms with van der Waals surface area (Å²) in [4.78, 5) is 30.7. The van der Waals surface area contributed by atoms with E-state index in [1.165, 1.54) is 47.1 Å². The summed E-state index contributed by atoms with van der Waals surface area (Å²) < 4.78 is 1.59. The molecule has 4 rings (SSSR count). The summed E-state index contributed by atoms with van der Waals surface area (Å²) in [5.74, 6) is 0.332. The van der Waals surface area contributed by atoms with Crippen LogP contribution in [0.2, 0.25) is 0 Å². The molecule has 4 nitrogen and oxygen atoms in total. The Morgan fingerprint density at radius 1 is 1.26 bits per heavy atom. The molecule has 27 heavy (non-hydrogen) atoms. The van der Waals surface area contributed by atoms with E-state index in [4.69, 9.17) is 0 Å². The van der Waals surface area contributed by atoms with Crippen LogP contribution in [0.4, 0.5) is 0 Å². The summed E-state index contributed by atoms with van der Waals surface area (Å²) in [5, 5.41) is 3.05. The van der Waals surface area contributed by atoms with E-state index in [2.05, 4.69) is 17.6 Å². The number of thioether (sulfide) groups is 1. The van der Waals surface area contributed by atoms with Crippen LogP contribution in [0.25, 0.3) is 10.2 Å². The molecule has 0 N–H and O–H groups in total. The van der Waals surface area contributed by atoms with Gasteiger partial charge in [-0.3, -0.25) is 14.2 Å². The van der Waals surface area contributed by atoms with Crippen molar-refractivity contribution in [2.45, 2.75) is 37.4 Å². The van der Waals surface area contributed by atoms with Crippen LogP contribution in [0.5, 0.6) is 0 Å². The summed E-state index contributed by atoms with van der Waals surface area (Å²) in [6.45, 7) is 4.11. The summed E-state index contributed by atoms with van der Waals surface area (Å²) >= 11 is 2.76. The molecule has 0 saturated heterocycles. The SMILES string of the molecule is C=CCn1c(SCC(=O)c2ccc3c(c2)CCCC3)nc2sccc2c1=O. The van der Waals surface area contributed by atoms with Crippen molar-refractivity contribution in [3.8, 4) is 0 Å². The Hall–Kier alpha value is -2.18. The molecule has 0 spiro atoms. The Labute approximate surface area is 165 Å². The van der Waals surface area contributed by atoms with Crippen LogP contribution >= 0.6 is 23.1 Å². The number of carbonyl (C=O) groups excluding carboxylic acids is 1. The highest BCUT2D eigenvalue weighted by Crippen LogP contribution is 2.25. The van der Waals surface area contributed by atoms with E-state index in [1.807, 2.05) is 17.5 Å². The zero-order chi connectivity index (χ0) is 18.8. The van der Waals surface area contributed by atoms with Crippen molar-refractivity contribution in [3.63, 3.8) is 0 Å². The fourth-order valence-corrected chi connectivity index (χ4v) is 5.16. The first-order valence-electron chi connectivity index (χ1n) is 9.04. The summed E-state index contributed by atoms with van der Waals surface area (Å²) in [7, 11) is 0. The number of fused-ring (bicyclic) bond motifs is 2. The lowest BCUT2D eigenvalue weighted by molar-refractivity contribution is 0.102. The fourth-order valence-electron chi connectivity index (χ4n) is 3.45. The van der Waals surface area contributed by atoms with Crippen LogP contribution in [0.15, 0.2) is 52.3 Å². The molecule has 0 unspecified atom stereocenters. The largest absolute Gasteiger partial charge is 0.293 e. The van der Waals surface area contributed by atoms with Gasteiger partial charge in [0.25, 0.3) is 5.56 Å². The van der Waals surface area contributed by atoms with E-state index in [0.29, 0.717) is 21.9 Å². The number of ketones is 1. The standard InChI is InChI=1S/C21H20N2O2S2/c1-2-10-23-20(25)17-9-11-26-19(17)22-21(23)27-13-18(24)16-8-7-14-5-3-4-6-15(14)12-16/h2,7-9,11-12H,1,3-6,10,13H2. The number of aromatic nitrogens is 2. The number of hydrogen-bond acceptors (Lipinski definition) is 5. The predicted octanol–water partition coefficient (Wildman–Crippen LogP) is 4.50.